The standard InChI is InChI=1S/C14H14BrF2NOS/c1-9(18-7-11-6-10(15)8-20-11)12-4-2-3-5-13(12)19-14(16)17/h2-6,8-9,14,18H,7H2,1H3. The maximum absolute atomic E-state index is 12.4. The smallest absolute Gasteiger partial charge is 0.387 e. The summed E-state index contributed by atoms with van der Waals surface area (Å²) < 4.78 is 30.3. The highest BCUT2D eigenvalue weighted by molar-refractivity contribution is 9.10. The van der Waals surface area contributed by atoms with Crippen LogP contribution in [0.4, 0.5) is 8.78 Å². The summed E-state index contributed by atoms with van der Waals surface area (Å²) in [5, 5.41) is 5.32. The monoisotopic (exact) mass is 361 g/mol. The third-order valence-electron chi connectivity index (χ3n) is 2.81. The van der Waals surface area contributed by atoms with Crippen molar-refractivity contribution in [1.82, 2.24) is 5.32 Å². The molecule has 1 N–H and O–H groups in total. The minimum absolute atomic E-state index is 0.0779. The van der Waals surface area contributed by atoms with Crippen LogP contribution < -0.4 is 10.1 Å². The molecule has 0 aliphatic heterocycles. The van der Waals surface area contributed by atoms with Crippen LogP contribution in [0.5, 0.6) is 5.75 Å². The predicted molar refractivity (Wildman–Crippen MR) is 80.3 cm³/mol. The fourth-order valence-electron chi connectivity index (χ4n) is 1.85. The Labute approximate surface area is 128 Å². The van der Waals surface area contributed by atoms with Crippen LogP contribution in [0.1, 0.15) is 23.4 Å². The Morgan fingerprint density at radius 3 is 2.75 bits per heavy atom. The van der Waals surface area contributed by atoms with Crippen LogP contribution in [-0.2, 0) is 6.54 Å². The molecule has 0 radical (unpaired) electrons. The topological polar surface area (TPSA) is 21.3 Å². The first-order chi connectivity index (χ1) is 9.56. The van der Waals surface area contributed by atoms with Crippen molar-refractivity contribution in [1.29, 1.82) is 0 Å². The van der Waals surface area contributed by atoms with Gasteiger partial charge in [-0.05, 0) is 35.0 Å². The lowest BCUT2D eigenvalue weighted by Crippen LogP contribution is -2.18. The molecule has 20 heavy (non-hydrogen) atoms. The van der Waals surface area contributed by atoms with Gasteiger partial charge in [0.05, 0.1) is 0 Å². The van der Waals surface area contributed by atoms with Crippen molar-refractivity contribution < 1.29 is 13.5 Å². The van der Waals surface area contributed by atoms with E-state index in [1.807, 2.05) is 24.4 Å². The molecule has 2 nitrogen and oxygen atoms in total. The van der Waals surface area contributed by atoms with Crippen LogP contribution in [0, 0.1) is 0 Å². The number of halogens is 3. The second-order valence-electron chi connectivity index (χ2n) is 4.25. The number of hydrogen-bond donors (Lipinski definition) is 1. The van der Waals surface area contributed by atoms with Crippen LogP contribution in [0.25, 0.3) is 0 Å². The number of ether oxygens (including phenoxy) is 1. The highest BCUT2D eigenvalue weighted by Crippen LogP contribution is 2.27. The number of alkyl halides is 2. The van der Waals surface area contributed by atoms with Crippen LogP contribution in [0.15, 0.2) is 40.2 Å². The number of thiophene rings is 1. The molecule has 1 atom stereocenters. The summed E-state index contributed by atoms with van der Waals surface area (Å²) in [7, 11) is 0. The summed E-state index contributed by atoms with van der Waals surface area (Å²) in [5.74, 6) is 0.217. The molecule has 0 fully saturated rings. The fourth-order valence-corrected chi connectivity index (χ4v) is 3.25. The van der Waals surface area contributed by atoms with E-state index in [1.165, 1.54) is 4.88 Å². The molecule has 6 heteroatoms. The zero-order valence-electron chi connectivity index (χ0n) is 10.8. The van der Waals surface area contributed by atoms with Gasteiger partial charge in [0.15, 0.2) is 0 Å². The molecule has 1 unspecified atom stereocenters. The lowest BCUT2D eigenvalue weighted by Gasteiger charge is -2.17. The van der Waals surface area contributed by atoms with Crippen molar-refractivity contribution in [2.24, 2.45) is 0 Å². The zero-order valence-corrected chi connectivity index (χ0v) is 13.2. The summed E-state index contributed by atoms with van der Waals surface area (Å²) in [6.07, 6.45) is 0. The van der Waals surface area contributed by atoms with Gasteiger partial charge in [0.2, 0.25) is 0 Å². The summed E-state index contributed by atoms with van der Waals surface area (Å²) in [6.45, 7) is -0.201. The number of rotatable bonds is 6. The molecule has 2 aromatic rings. The Balaban J connectivity index is 2.03. The number of para-hydroxylation sites is 1. The lowest BCUT2D eigenvalue weighted by molar-refractivity contribution is -0.0506. The largest absolute Gasteiger partial charge is 0.434 e. The van der Waals surface area contributed by atoms with Crippen molar-refractivity contribution in [3.8, 4) is 5.75 Å². The molecule has 1 aromatic heterocycles. The van der Waals surface area contributed by atoms with Crippen LogP contribution in [-0.4, -0.2) is 6.61 Å². The molecule has 0 amide bonds. The highest BCUT2D eigenvalue weighted by atomic mass is 79.9. The fraction of sp³-hybridized carbons (Fsp3) is 0.286. The Morgan fingerprint density at radius 1 is 1.35 bits per heavy atom. The Hall–Kier alpha value is -0.980. The summed E-state index contributed by atoms with van der Waals surface area (Å²) in [5.41, 5.74) is 0.725. The molecule has 0 saturated heterocycles. The molecule has 0 saturated carbocycles. The number of benzene rings is 1. The van der Waals surface area contributed by atoms with Gasteiger partial charge in [-0.2, -0.15) is 8.78 Å². The molecule has 1 heterocycles. The minimum Gasteiger partial charge on any atom is -0.434 e. The Kier molecular flexibility index (Phi) is 5.51. The van der Waals surface area contributed by atoms with Gasteiger partial charge in [-0.1, -0.05) is 18.2 Å². The molecule has 108 valence electrons. The molecular formula is C14H14BrF2NOS. The second kappa shape index (κ2) is 7.15. The van der Waals surface area contributed by atoms with Crippen molar-refractivity contribution >= 4 is 27.3 Å². The van der Waals surface area contributed by atoms with Crippen molar-refractivity contribution in [2.45, 2.75) is 26.1 Å². The van der Waals surface area contributed by atoms with Gasteiger partial charge in [-0.3, -0.25) is 0 Å². The first kappa shape index (κ1) is 15.4. The summed E-state index contributed by atoms with van der Waals surface area (Å²) in [4.78, 5) is 1.18. The van der Waals surface area contributed by atoms with E-state index in [2.05, 4.69) is 26.0 Å². The summed E-state index contributed by atoms with van der Waals surface area (Å²) in [6, 6.07) is 8.80. The molecule has 0 aliphatic rings. The summed E-state index contributed by atoms with van der Waals surface area (Å²) >= 11 is 5.04. The van der Waals surface area contributed by atoms with Gasteiger partial charge in [0.1, 0.15) is 5.75 Å². The van der Waals surface area contributed by atoms with Gasteiger partial charge in [0, 0.05) is 32.9 Å². The molecule has 1 aromatic carbocycles. The van der Waals surface area contributed by atoms with E-state index in [0.717, 1.165) is 10.0 Å². The average molecular weight is 362 g/mol. The third kappa shape index (κ3) is 4.26. The Bertz CT molecular complexity index is 562. The quantitative estimate of drug-likeness (QED) is 0.784. The van der Waals surface area contributed by atoms with Crippen molar-refractivity contribution in [3.63, 3.8) is 0 Å². The van der Waals surface area contributed by atoms with Gasteiger partial charge in [-0.15, -0.1) is 11.3 Å². The lowest BCUT2D eigenvalue weighted by atomic mass is 10.1. The normalized spacial score (nSPS) is 12.7. The van der Waals surface area contributed by atoms with Crippen molar-refractivity contribution in [3.05, 3.63) is 50.6 Å². The van der Waals surface area contributed by atoms with E-state index >= 15 is 0 Å². The molecule has 2 rings (SSSR count). The van der Waals surface area contributed by atoms with Gasteiger partial charge >= 0.3 is 6.61 Å². The van der Waals surface area contributed by atoms with Crippen molar-refractivity contribution in [2.75, 3.05) is 0 Å². The molecule has 0 bridgehead atoms. The van der Waals surface area contributed by atoms with E-state index in [9.17, 15) is 8.78 Å². The van der Waals surface area contributed by atoms with E-state index < -0.39 is 6.61 Å². The number of hydrogen-bond acceptors (Lipinski definition) is 3. The van der Waals surface area contributed by atoms with E-state index in [-0.39, 0.29) is 11.8 Å². The molecular weight excluding hydrogens is 348 g/mol. The minimum atomic E-state index is -2.81. The van der Waals surface area contributed by atoms with E-state index in [4.69, 9.17) is 0 Å². The van der Waals surface area contributed by atoms with Crippen LogP contribution >= 0.6 is 27.3 Å². The van der Waals surface area contributed by atoms with Gasteiger partial charge in [-0.25, -0.2) is 0 Å². The Morgan fingerprint density at radius 2 is 2.10 bits per heavy atom. The van der Waals surface area contributed by atoms with E-state index in [1.54, 1.807) is 29.5 Å². The molecule has 0 aliphatic carbocycles. The maximum Gasteiger partial charge on any atom is 0.387 e. The first-order valence-electron chi connectivity index (χ1n) is 6.06. The average Bonchev–Trinajstić information content (AvgIpc) is 2.82. The maximum atomic E-state index is 12.4. The van der Waals surface area contributed by atoms with Gasteiger partial charge < -0.3 is 10.1 Å². The second-order valence-corrected chi connectivity index (χ2v) is 6.16. The van der Waals surface area contributed by atoms with Gasteiger partial charge in [0.25, 0.3) is 0 Å². The van der Waals surface area contributed by atoms with Crippen LogP contribution in [0.2, 0.25) is 0 Å². The highest BCUT2D eigenvalue weighted by Gasteiger charge is 2.14. The third-order valence-corrected chi connectivity index (χ3v) is 4.50. The number of nitrogens with one attached hydrogen (secondary N) is 1. The van der Waals surface area contributed by atoms with Crippen LogP contribution in [0.3, 0.4) is 0 Å². The first-order valence-corrected chi connectivity index (χ1v) is 7.73. The molecule has 0 spiro atoms. The SMILES string of the molecule is CC(NCc1cc(Br)cs1)c1ccccc1OC(F)F. The predicted octanol–water partition coefficient (Wildman–Crippen LogP) is 4.96. The zero-order chi connectivity index (χ0) is 14.5. The van der Waals surface area contributed by atoms with E-state index in [0.29, 0.717) is 6.54 Å².